The van der Waals surface area contributed by atoms with Crippen molar-refractivity contribution in [3.05, 3.63) is 48.0 Å². The van der Waals surface area contributed by atoms with Crippen LogP contribution in [0.3, 0.4) is 0 Å². The molecule has 0 fully saturated rings. The highest BCUT2D eigenvalue weighted by Gasteiger charge is 2.31. The number of thioether (sulfide) groups is 1. The lowest BCUT2D eigenvalue weighted by molar-refractivity contribution is -0.137. The Bertz CT molecular complexity index is 782. The predicted molar refractivity (Wildman–Crippen MR) is 101 cm³/mol. The molecule has 1 N–H and O–H groups in total. The number of carbonyl (C=O) groups excluding carboxylic acids is 1. The van der Waals surface area contributed by atoms with Gasteiger partial charge in [-0.1, -0.05) is 0 Å². The first kappa shape index (κ1) is 21.9. The van der Waals surface area contributed by atoms with E-state index >= 15 is 0 Å². The maximum atomic E-state index is 13.0. The maximum absolute atomic E-state index is 13.0. The zero-order valence-corrected chi connectivity index (χ0v) is 16.2. The smallest absolute Gasteiger partial charge is 0.416 e. The van der Waals surface area contributed by atoms with E-state index in [2.05, 4.69) is 5.32 Å². The van der Waals surface area contributed by atoms with Crippen LogP contribution in [0, 0.1) is 0 Å². The van der Waals surface area contributed by atoms with Crippen LogP contribution in [0.5, 0.6) is 11.5 Å². The average Bonchev–Trinajstić information content (AvgIpc) is 2.67. The highest BCUT2D eigenvalue weighted by atomic mass is 32.2. The minimum Gasteiger partial charge on any atom is -0.497 e. The van der Waals surface area contributed by atoms with E-state index in [0.717, 1.165) is 17.0 Å². The summed E-state index contributed by atoms with van der Waals surface area (Å²) in [6.45, 7) is 0.410. The lowest BCUT2D eigenvalue weighted by Crippen LogP contribution is -2.16. The summed E-state index contributed by atoms with van der Waals surface area (Å²) in [7, 11) is 3.03. The van der Waals surface area contributed by atoms with E-state index in [9.17, 15) is 18.0 Å². The Morgan fingerprint density at radius 2 is 1.79 bits per heavy atom. The number of benzene rings is 2. The van der Waals surface area contributed by atoms with Gasteiger partial charge in [-0.3, -0.25) is 4.79 Å². The van der Waals surface area contributed by atoms with Gasteiger partial charge in [0.05, 0.1) is 30.7 Å². The first-order chi connectivity index (χ1) is 13.3. The Balaban J connectivity index is 2.06. The number of ether oxygens (including phenoxy) is 3. The zero-order valence-electron chi connectivity index (χ0n) is 15.3. The molecule has 0 heterocycles. The molecule has 1 amide bonds. The van der Waals surface area contributed by atoms with Crippen molar-refractivity contribution < 1.29 is 32.2 Å². The van der Waals surface area contributed by atoms with Crippen molar-refractivity contribution in [2.75, 3.05) is 38.5 Å². The first-order valence-electron chi connectivity index (χ1n) is 8.23. The van der Waals surface area contributed by atoms with Crippen LogP contribution in [0.15, 0.2) is 47.4 Å². The molecular weight excluding hydrogens is 395 g/mol. The third kappa shape index (κ3) is 6.65. The van der Waals surface area contributed by atoms with Crippen molar-refractivity contribution in [2.45, 2.75) is 11.1 Å². The summed E-state index contributed by atoms with van der Waals surface area (Å²) < 4.78 is 54.3. The van der Waals surface area contributed by atoms with Gasteiger partial charge in [-0.25, -0.2) is 0 Å². The van der Waals surface area contributed by atoms with Crippen molar-refractivity contribution in [1.29, 1.82) is 0 Å². The second-order valence-corrected chi connectivity index (χ2v) is 6.61. The molecular formula is C19H20F3NO4S. The molecule has 0 bridgehead atoms. The van der Waals surface area contributed by atoms with Crippen molar-refractivity contribution in [2.24, 2.45) is 0 Å². The fraction of sp³-hybridized carbons (Fsp3) is 0.316. The third-order valence-corrected chi connectivity index (χ3v) is 4.57. The van der Waals surface area contributed by atoms with E-state index in [1.807, 2.05) is 0 Å². The van der Waals surface area contributed by atoms with E-state index in [0.29, 0.717) is 5.75 Å². The fourth-order valence-electron chi connectivity index (χ4n) is 2.17. The van der Waals surface area contributed by atoms with Gasteiger partial charge < -0.3 is 19.5 Å². The minimum atomic E-state index is -4.53. The molecule has 9 heteroatoms. The molecule has 2 rings (SSSR count). The van der Waals surface area contributed by atoms with Crippen LogP contribution < -0.4 is 14.8 Å². The molecule has 28 heavy (non-hydrogen) atoms. The van der Waals surface area contributed by atoms with Gasteiger partial charge in [-0.05, 0) is 42.5 Å². The standard InChI is InChI=1S/C19H20F3NO4S/c1-25-9-10-27-17-8-3-13(19(20,21)22)11-16(17)23-18(24)12-28-15-6-4-14(26-2)5-7-15/h3-8,11H,9-10,12H2,1-2H3,(H,23,24). The van der Waals surface area contributed by atoms with Gasteiger partial charge >= 0.3 is 6.18 Å². The van der Waals surface area contributed by atoms with E-state index in [-0.39, 0.29) is 30.4 Å². The van der Waals surface area contributed by atoms with Gasteiger partial charge in [0.1, 0.15) is 18.1 Å². The summed E-state index contributed by atoms with van der Waals surface area (Å²) in [4.78, 5) is 13.1. The minimum absolute atomic E-state index is 0.0279. The van der Waals surface area contributed by atoms with Gasteiger partial charge in [0.25, 0.3) is 0 Å². The number of amides is 1. The molecule has 0 spiro atoms. The summed E-state index contributed by atoms with van der Waals surface area (Å²) in [5.41, 5.74) is -0.907. The molecule has 0 aliphatic heterocycles. The summed E-state index contributed by atoms with van der Waals surface area (Å²) >= 11 is 1.25. The van der Waals surface area contributed by atoms with Gasteiger partial charge in [-0.2, -0.15) is 13.2 Å². The summed E-state index contributed by atoms with van der Waals surface area (Å²) in [5.74, 6) is 0.417. The molecule has 0 aliphatic rings. The van der Waals surface area contributed by atoms with Gasteiger partial charge in [-0.15, -0.1) is 11.8 Å². The number of halogens is 3. The molecule has 0 aromatic heterocycles. The first-order valence-corrected chi connectivity index (χ1v) is 9.21. The van der Waals surface area contributed by atoms with Crippen molar-refractivity contribution in [1.82, 2.24) is 0 Å². The number of carbonyl (C=O) groups is 1. The second kappa shape index (κ2) is 10.2. The molecule has 5 nitrogen and oxygen atoms in total. The number of anilines is 1. The maximum Gasteiger partial charge on any atom is 0.416 e. The van der Waals surface area contributed by atoms with Crippen LogP contribution in [0.2, 0.25) is 0 Å². The molecule has 0 radical (unpaired) electrons. The monoisotopic (exact) mass is 415 g/mol. The van der Waals surface area contributed by atoms with Crippen LogP contribution in [0.25, 0.3) is 0 Å². The van der Waals surface area contributed by atoms with Crippen molar-refractivity contribution in [3.63, 3.8) is 0 Å². The van der Waals surface area contributed by atoms with E-state index in [1.165, 1.54) is 24.9 Å². The summed E-state index contributed by atoms with van der Waals surface area (Å²) in [6.07, 6.45) is -4.53. The highest BCUT2D eigenvalue weighted by molar-refractivity contribution is 8.00. The summed E-state index contributed by atoms with van der Waals surface area (Å²) in [5, 5.41) is 2.49. The Morgan fingerprint density at radius 1 is 1.07 bits per heavy atom. The third-order valence-electron chi connectivity index (χ3n) is 3.56. The fourth-order valence-corrected chi connectivity index (χ4v) is 2.87. The molecule has 2 aromatic rings. The normalized spacial score (nSPS) is 11.2. The van der Waals surface area contributed by atoms with Crippen LogP contribution >= 0.6 is 11.8 Å². The molecule has 152 valence electrons. The number of nitrogens with one attached hydrogen (secondary N) is 1. The van der Waals surface area contributed by atoms with Crippen LogP contribution in [0.1, 0.15) is 5.56 Å². The topological polar surface area (TPSA) is 56.8 Å². The number of hydrogen-bond donors (Lipinski definition) is 1. The average molecular weight is 415 g/mol. The van der Waals surface area contributed by atoms with E-state index in [4.69, 9.17) is 14.2 Å². The van der Waals surface area contributed by atoms with Crippen molar-refractivity contribution >= 4 is 23.4 Å². The Labute approximate surface area is 165 Å². The van der Waals surface area contributed by atoms with Crippen LogP contribution in [0.4, 0.5) is 18.9 Å². The van der Waals surface area contributed by atoms with Crippen molar-refractivity contribution in [3.8, 4) is 11.5 Å². The Morgan fingerprint density at radius 3 is 2.39 bits per heavy atom. The lowest BCUT2D eigenvalue weighted by Gasteiger charge is -2.15. The SMILES string of the molecule is COCCOc1ccc(C(F)(F)F)cc1NC(=O)CSc1ccc(OC)cc1. The number of alkyl halides is 3. The molecule has 0 atom stereocenters. The second-order valence-electron chi connectivity index (χ2n) is 5.56. The van der Waals surface area contributed by atoms with Gasteiger partial charge in [0.15, 0.2) is 0 Å². The number of hydrogen-bond acceptors (Lipinski definition) is 5. The molecule has 0 aliphatic carbocycles. The number of rotatable bonds is 9. The molecule has 0 unspecified atom stereocenters. The highest BCUT2D eigenvalue weighted by Crippen LogP contribution is 2.35. The number of methoxy groups -OCH3 is 2. The predicted octanol–water partition coefficient (Wildman–Crippen LogP) is 4.47. The molecule has 2 aromatic carbocycles. The summed E-state index contributed by atoms with van der Waals surface area (Å²) in [6, 6.07) is 10.1. The Kier molecular flexibility index (Phi) is 8.01. The van der Waals surface area contributed by atoms with E-state index in [1.54, 1.807) is 31.4 Å². The van der Waals surface area contributed by atoms with Crippen LogP contribution in [-0.2, 0) is 15.7 Å². The zero-order chi connectivity index (χ0) is 20.6. The van der Waals surface area contributed by atoms with E-state index < -0.39 is 17.6 Å². The Hall–Kier alpha value is -2.39. The van der Waals surface area contributed by atoms with Crippen LogP contribution in [-0.4, -0.2) is 39.1 Å². The molecule has 0 saturated heterocycles. The molecule has 0 saturated carbocycles. The van der Waals surface area contributed by atoms with Gasteiger partial charge in [0.2, 0.25) is 5.91 Å². The lowest BCUT2D eigenvalue weighted by atomic mass is 10.1. The van der Waals surface area contributed by atoms with Gasteiger partial charge in [0, 0.05) is 12.0 Å². The largest absolute Gasteiger partial charge is 0.497 e. The quantitative estimate of drug-likeness (QED) is 0.484.